The van der Waals surface area contributed by atoms with Crippen molar-refractivity contribution in [2.24, 2.45) is 0 Å². The zero-order valence-corrected chi connectivity index (χ0v) is 25.2. The minimum Gasteiger partial charge on any atom is -0.372 e. The molecule has 2 heterocycles. The average molecular weight is 587 g/mol. The largest absolute Gasteiger partial charge is 0.372 e. The van der Waals surface area contributed by atoms with E-state index in [4.69, 9.17) is 4.98 Å². The lowest BCUT2D eigenvalue weighted by Crippen LogP contribution is -2.16. The summed E-state index contributed by atoms with van der Waals surface area (Å²) in [6, 6.07) is 58.7. The maximum absolute atomic E-state index is 5.47. The Balaban J connectivity index is 1.30. The van der Waals surface area contributed by atoms with Crippen molar-refractivity contribution in [2.45, 2.75) is 6.04 Å². The molecule has 9 rings (SSSR count). The maximum Gasteiger partial charge on any atom is 0.0953 e. The summed E-state index contributed by atoms with van der Waals surface area (Å²) in [5.41, 5.74) is 11.3. The Morgan fingerprint density at radius 2 is 1.09 bits per heavy atom. The highest BCUT2D eigenvalue weighted by Gasteiger charge is 2.25. The number of rotatable bonds is 4. The summed E-state index contributed by atoms with van der Waals surface area (Å²) < 4.78 is 0. The van der Waals surface area contributed by atoms with E-state index in [2.05, 4.69) is 175 Å². The van der Waals surface area contributed by atoms with Gasteiger partial charge >= 0.3 is 0 Å². The summed E-state index contributed by atoms with van der Waals surface area (Å²) in [7, 11) is 0. The van der Waals surface area contributed by atoms with Crippen molar-refractivity contribution in [3.8, 4) is 22.4 Å². The Hall–Kier alpha value is -5.99. The zero-order valence-electron chi connectivity index (χ0n) is 25.2. The summed E-state index contributed by atoms with van der Waals surface area (Å²) >= 11 is 0. The molecule has 1 unspecified atom stereocenters. The van der Waals surface area contributed by atoms with Gasteiger partial charge in [-0.1, -0.05) is 146 Å². The summed E-state index contributed by atoms with van der Waals surface area (Å²) in [5.74, 6) is 0. The van der Waals surface area contributed by atoms with Gasteiger partial charge < -0.3 is 5.32 Å². The normalized spacial score (nSPS) is 14.2. The Morgan fingerprint density at radius 1 is 0.457 bits per heavy atom. The van der Waals surface area contributed by atoms with Crippen LogP contribution in [0.4, 0.5) is 5.69 Å². The number of hydrogen-bond donors (Lipinski definition) is 1. The van der Waals surface area contributed by atoms with Crippen LogP contribution in [0.15, 0.2) is 170 Å². The van der Waals surface area contributed by atoms with Crippen LogP contribution in [0.1, 0.15) is 22.7 Å². The molecule has 0 amide bonds. The SMILES string of the molecule is C1=C(c2ccccc2)c2ccc3c(-c4ccccc4)cc(-c4ccc5ccccc5c4)nc3c2NC1c1ccc2ccccc2c1. The first-order valence-electron chi connectivity index (χ1n) is 15.8. The molecule has 1 aliphatic rings. The van der Waals surface area contributed by atoms with Crippen LogP contribution in [-0.4, -0.2) is 4.98 Å². The van der Waals surface area contributed by atoms with Gasteiger partial charge in [0.2, 0.25) is 0 Å². The van der Waals surface area contributed by atoms with Crippen LogP contribution < -0.4 is 5.32 Å². The number of hydrogen-bond acceptors (Lipinski definition) is 2. The molecule has 1 aromatic heterocycles. The fourth-order valence-corrected chi connectivity index (χ4v) is 6.92. The molecule has 2 nitrogen and oxygen atoms in total. The van der Waals surface area contributed by atoms with Gasteiger partial charge in [0.05, 0.1) is 22.9 Å². The molecule has 46 heavy (non-hydrogen) atoms. The highest BCUT2D eigenvalue weighted by atomic mass is 14.9. The molecule has 0 spiro atoms. The number of pyridine rings is 1. The Morgan fingerprint density at radius 3 is 1.83 bits per heavy atom. The number of benzene rings is 7. The lowest BCUT2D eigenvalue weighted by atomic mass is 9.87. The van der Waals surface area contributed by atoms with E-state index in [9.17, 15) is 0 Å². The van der Waals surface area contributed by atoms with E-state index >= 15 is 0 Å². The van der Waals surface area contributed by atoms with Crippen LogP contribution in [0, 0.1) is 0 Å². The van der Waals surface area contributed by atoms with E-state index in [-0.39, 0.29) is 6.04 Å². The van der Waals surface area contributed by atoms with Crippen molar-refractivity contribution in [3.63, 3.8) is 0 Å². The lowest BCUT2D eigenvalue weighted by molar-refractivity contribution is 0.977. The van der Waals surface area contributed by atoms with Crippen LogP contribution >= 0.6 is 0 Å². The van der Waals surface area contributed by atoms with Gasteiger partial charge in [0.25, 0.3) is 0 Å². The molecule has 1 N–H and O–H groups in total. The topological polar surface area (TPSA) is 24.9 Å². The molecule has 0 bridgehead atoms. The molecule has 216 valence electrons. The Kier molecular flexibility index (Phi) is 6.24. The van der Waals surface area contributed by atoms with E-state index in [1.54, 1.807) is 0 Å². The quantitative estimate of drug-likeness (QED) is 0.222. The van der Waals surface area contributed by atoms with Crippen LogP contribution in [0.2, 0.25) is 0 Å². The van der Waals surface area contributed by atoms with Crippen LogP contribution in [0.3, 0.4) is 0 Å². The molecule has 0 saturated carbocycles. The third-order valence-corrected chi connectivity index (χ3v) is 9.25. The fourth-order valence-electron chi connectivity index (χ4n) is 6.92. The van der Waals surface area contributed by atoms with Crippen molar-refractivity contribution < 1.29 is 0 Å². The van der Waals surface area contributed by atoms with Crippen LogP contribution in [0.25, 0.3) is 60.4 Å². The fraction of sp³-hybridized carbons (Fsp3) is 0.0227. The number of aromatic nitrogens is 1. The Labute approximate surface area is 268 Å². The molecule has 0 saturated heterocycles. The maximum atomic E-state index is 5.47. The van der Waals surface area contributed by atoms with Gasteiger partial charge in [0, 0.05) is 16.5 Å². The van der Waals surface area contributed by atoms with Crippen molar-refractivity contribution in [2.75, 3.05) is 5.32 Å². The van der Waals surface area contributed by atoms with Crippen molar-refractivity contribution >= 4 is 43.7 Å². The van der Waals surface area contributed by atoms with Crippen LogP contribution in [0.5, 0.6) is 0 Å². The van der Waals surface area contributed by atoms with Crippen molar-refractivity contribution in [3.05, 3.63) is 187 Å². The van der Waals surface area contributed by atoms with E-state index < -0.39 is 0 Å². The second kappa shape index (κ2) is 10.9. The van der Waals surface area contributed by atoms with Gasteiger partial charge in [-0.25, -0.2) is 4.98 Å². The molecule has 1 aliphatic heterocycles. The summed E-state index contributed by atoms with van der Waals surface area (Å²) in [6.45, 7) is 0. The number of nitrogens with zero attached hydrogens (tertiary/aromatic N) is 1. The van der Waals surface area contributed by atoms with Crippen molar-refractivity contribution in [1.29, 1.82) is 0 Å². The molecule has 1 atom stereocenters. The molecular weight excluding hydrogens is 556 g/mol. The predicted octanol–water partition coefficient (Wildman–Crippen LogP) is 11.5. The molecule has 2 heteroatoms. The minimum atomic E-state index is -0.0239. The van der Waals surface area contributed by atoms with Gasteiger partial charge in [-0.15, -0.1) is 0 Å². The molecule has 8 aromatic rings. The molecule has 0 radical (unpaired) electrons. The van der Waals surface area contributed by atoms with Crippen LogP contribution in [-0.2, 0) is 0 Å². The number of fused-ring (bicyclic) bond motifs is 5. The predicted molar refractivity (Wildman–Crippen MR) is 194 cm³/mol. The standard InChI is InChI=1S/C44H30N2/c1-3-13-31(14-4-1)39-27-41(35-21-19-29-11-7-9-17-33(29)25-35)45-43-37(39)23-24-38-40(32-15-5-2-6-16-32)28-42(46-44(38)43)36-22-20-30-12-8-10-18-34(30)26-36/h1-28,41,45H. The van der Waals surface area contributed by atoms with Gasteiger partial charge in [-0.2, -0.15) is 0 Å². The van der Waals surface area contributed by atoms with E-state index in [1.807, 2.05) is 0 Å². The first-order chi connectivity index (χ1) is 22.8. The third-order valence-electron chi connectivity index (χ3n) is 9.25. The van der Waals surface area contributed by atoms with Crippen molar-refractivity contribution in [1.82, 2.24) is 4.98 Å². The zero-order chi connectivity index (χ0) is 30.5. The van der Waals surface area contributed by atoms with Gasteiger partial charge in [0.15, 0.2) is 0 Å². The molecule has 7 aromatic carbocycles. The van der Waals surface area contributed by atoms with Gasteiger partial charge in [-0.3, -0.25) is 0 Å². The lowest BCUT2D eigenvalue weighted by Gasteiger charge is -2.29. The smallest absolute Gasteiger partial charge is 0.0953 e. The molecular formula is C44H30N2. The highest BCUT2D eigenvalue weighted by molar-refractivity contribution is 6.08. The van der Waals surface area contributed by atoms with E-state index in [0.717, 1.165) is 33.4 Å². The number of nitrogens with one attached hydrogen (secondary N) is 1. The van der Waals surface area contributed by atoms with Gasteiger partial charge in [-0.05, 0) is 73.6 Å². The average Bonchev–Trinajstić information content (AvgIpc) is 3.14. The third kappa shape index (κ3) is 4.55. The number of anilines is 1. The Bertz CT molecular complexity index is 2440. The first kappa shape index (κ1) is 26.4. The summed E-state index contributed by atoms with van der Waals surface area (Å²) in [4.78, 5) is 5.47. The van der Waals surface area contributed by atoms with Gasteiger partial charge in [0.1, 0.15) is 0 Å². The summed E-state index contributed by atoms with van der Waals surface area (Å²) in [6.07, 6.45) is 2.37. The minimum absolute atomic E-state index is 0.0239. The van der Waals surface area contributed by atoms with E-state index in [0.29, 0.717) is 0 Å². The van der Waals surface area contributed by atoms with E-state index in [1.165, 1.54) is 49.4 Å². The first-order valence-corrected chi connectivity index (χ1v) is 15.8. The summed E-state index contributed by atoms with van der Waals surface area (Å²) in [5, 5.41) is 10.0. The molecule has 0 fully saturated rings. The second-order valence-corrected chi connectivity index (χ2v) is 12.0. The monoisotopic (exact) mass is 586 g/mol. The molecule has 0 aliphatic carbocycles. The second-order valence-electron chi connectivity index (χ2n) is 12.0. The highest BCUT2D eigenvalue weighted by Crippen LogP contribution is 2.45.